The Balaban J connectivity index is 2.92. The van der Waals surface area contributed by atoms with E-state index in [-0.39, 0.29) is 36.4 Å². The van der Waals surface area contributed by atoms with Gasteiger partial charge in [0.15, 0.2) is 5.13 Å². The van der Waals surface area contributed by atoms with Crippen molar-refractivity contribution in [3.05, 3.63) is 11.1 Å². The van der Waals surface area contributed by atoms with Gasteiger partial charge in [-0.15, -0.1) is 11.3 Å². The van der Waals surface area contributed by atoms with Gasteiger partial charge in [0.05, 0.1) is 6.61 Å². The van der Waals surface area contributed by atoms with Crippen LogP contribution in [-0.2, 0) is 33.4 Å². The lowest BCUT2D eigenvalue weighted by Crippen LogP contribution is -2.21. The zero-order valence-corrected chi connectivity index (χ0v) is 14.2. The van der Waals surface area contributed by atoms with E-state index in [0.717, 1.165) is 11.3 Å². The molecule has 132 valence electrons. The average molecular weight is 359 g/mol. The minimum atomic E-state index is -0.817. The molecule has 0 saturated carbocycles. The number of methoxy groups -OCH3 is 2. The third-order valence-corrected chi connectivity index (χ3v) is 3.00. The lowest BCUT2D eigenvalue weighted by Gasteiger charge is -2.03. The van der Waals surface area contributed by atoms with E-state index in [0.29, 0.717) is 0 Å². The Morgan fingerprint density at radius 2 is 1.96 bits per heavy atom. The van der Waals surface area contributed by atoms with Crippen molar-refractivity contribution in [2.75, 3.05) is 39.4 Å². The lowest BCUT2D eigenvalue weighted by molar-refractivity contribution is -0.148. The number of carbonyl (C=O) groups is 3. The van der Waals surface area contributed by atoms with Crippen molar-refractivity contribution in [1.29, 1.82) is 0 Å². The number of nitrogens with zero attached hydrogens (tertiary/aromatic N) is 2. The normalized spacial score (nSPS) is 11.0. The van der Waals surface area contributed by atoms with Crippen molar-refractivity contribution < 1.29 is 33.4 Å². The molecule has 1 aromatic rings. The fourth-order valence-corrected chi connectivity index (χ4v) is 2.07. The van der Waals surface area contributed by atoms with Crippen LogP contribution in [0.5, 0.6) is 0 Å². The highest BCUT2D eigenvalue weighted by Gasteiger charge is 2.21. The fraction of sp³-hybridized carbons (Fsp3) is 0.462. The number of anilines is 1. The molecule has 0 atom stereocenters. The summed E-state index contributed by atoms with van der Waals surface area (Å²) in [5, 5.41) is 7.65. The molecular formula is C13H17N3O7S. The second-order valence-electron chi connectivity index (χ2n) is 4.08. The molecule has 1 N–H and O–H groups in total. The van der Waals surface area contributed by atoms with Crippen molar-refractivity contribution in [2.45, 2.75) is 6.92 Å². The Kier molecular flexibility index (Phi) is 8.54. The SMILES string of the molecule is CCOC(=O)C(=NOC(=O)COC)c1csc(NC(=O)COC)n1. The number of aromatic nitrogens is 1. The van der Waals surface area contributed by atoms with Gasteiger partial charge in [-0.1, -0.05) is 5.16 Å². The Hall–Kier alpha value is -2.37. The maximum atomic E-state index is 11.9. The number of esters is 1. The largest absolute Gasteiger partial charge is 0.461 e. The first kappa shape index (κ1) is 19.7. The third kappa shape index (κ3) is 6.40. The highest BCUT2D eigenvalue weighted by Crippen LogP contribution is 2.17. The van der Waals surface area contributed by atoms with E-state index >= 15 is 0 Å². The molecule has 24 heavy (non-hydrogen) atoms. The van der Waals surface area contributed by atoms with Crippen LogP contribution in [0.2, 0.25) is 0 Å². The molecule has 1 amide bonds. The van der Waals surface area contributed by atoms with Crippen molar-refractivity contribution in [3.8, 4) is 0 Å². The maximum absolute atomic E-state index is 11.9. The predicted octanol–water partition coefficient (Wildman–Crippen LogP) is 0.185. The highest BCUT2D eigenvalue weighted by atomic mass is 32.1. The minimum absolute atomic E-state index is 0.0939. The molecule has 0 aliphatic heterocycles. The summed E-state index contributed by atoms with van der Waals surface area (Å²) in [6.07, 6.45) is 0. The quantitative estimate of drug-likeness (QED) is 0.286. The van der Waals surface area contributed by atoms with Gasteiger partial charge in [0.25, 0.3) is 5.91 Å². The number of ether oxygens (including phenoxy) is 3. The Morgan fingerprint density at radius 3 is 2.58 bits per heavy atom. The van der Waals surface area contributed by atoms with E-state index in [9.17, 15) is 14.4 Å². The summed E-state index contributed by atoms with van der Waals surface area (Å²) >= 11 is 1.06. The van der Waals surface area contributed by atoms with Gasteiger partial charge < -0.3 is 19.0 Å². The lowest BCUT2D eigenvalue weighted by atomic mass is 10.3. The van der Waals surface area contributed by atoms with Crippen molar-refractivity contribution in [3.63, 3.8) is 0 Å². The number of thiazole rings is 1. The molecule has 0 fully saturated rings. The van der Waals surface area contributed by atoms with E-state index in [2.05, 4.69) is 29.8 Å². The molecule has 0 radical (unpaired) electrons. The second kappa shape index (κ2) is 10.4. The molecule has 0 aliphatic rings. The molecule has 0 unspecified atom stereocenters. The van der Waals surface area contributed by atoms with Crippen molar-refractivity contribution in [1.82, 2.24) is 4.98 Å². The van der Waals surface area contributed by atoms with E-state index in [1.54, 1.807) is 6.92 Å². The van der Waals surface area contributed by atoms with Gasteiger partial charge in [0.2, 0.25) is 5.71 Å². The Bertz CT molecular complexity index is 614. The molecule has 0 bridgehead atoms. The number of hydrogen-bond donors (Lipinski definition) is 1. The maximum Gasteiger partial charge on any atom is 0.362 e. The van der Waals surface area contributed by atoms with E-state index in [4.69, 9.17) is 4.74 Å². The van der Waals surface area contributed by atoms with E-state index in [1.165, 1.54) is 19.6 Å². The number of oxime groups is 1. The summed E-state index contributed by atoms with van der Waals surface area (Å²) in [5.41, 5.74) is -0.207. The van der Waals surface area contributed by atoms with E-state index < -0.39 is 17.8 Å². The molecule has 11 heteroatoms. The summed E-state index contributed by atoms with van der Waals surface area (Å²) < 4.78 is 14.1. The van der Waals surface area contributed by atoms with Crippen LogP contribution < -0.4 is 5.32 Å². The highest BCUT2D eigenvalue weighted by molar-refractivity contribution is 7.14. The first-order valence-electron chi connectivity index (χ1n) is 6.70. The number of nitrogens with one attached hydrogen (secondary N) is 1. The van der Waals surface area contributed by atoms with Gasteiger partial charge in [0, 0.05) is 19.6 Å². The standard InChI is InChI=1S/C13H17N3O7S/c1-4-22-12(19)11(16-23-10(18)6-21-3)8-7-24-13(14-8)15-9(17)5-20-2/h7H,4-6H2,1-3H3,(H,14,15,17). The molecule has 10 nitrogen and oxygen atoms in total. The first-order valence-corrected chi connectivity index (χ1v) is 7.58. The molecule has 0 spiro atoms. The Morgan fingerprint density at radius 1 is 1.25 bits per heavy atom. The summed E-state index contributed by atoms with van der Waals surface area (Å²) in [6, 6.07) is 0. The van der Waals surface area contributed by atoms with Gasteiger partial charge in [0.1, 0.15) is 18.9 Å². The second-order valence-corrected chi connectivity index (χ2v) is 4.93. The predicted molar refractivity (Wildman–Crippen MR) is 83.8 cm³/mol. The van der Waals surface area contributed by atoms with Crippen LogP contribution in [0.15, 0.2) is 10.5 Å². The van der Waals surface area contributed by atoms with Crippen LogP contribution in [0.25, 0.3) is 0 Å². The monoisotopic (exact) mass is 359 g/mol. The van der Waals surface area contributed by atoms with Crippen LogP contribution in [0.4, 0.5) is 5.13 Å². The van der Waals surface area contributed by atoms with Gasteiger partial charge in [-0.2, -0.15) is 0 Å². The molecule has 0 aromatic carbocycles. The van der Waals surface area contributed by atoms with Crippen LogP contribution >= 0.6 is 11.3 Å². The summed E-state index contributed by atoms with van der Waals surface area (Å²) in [7, 11) is 2.69. The smallest absolute Gasteiger partial charge is 0.362 e. The summed E-state index contributed by atoms with van der Waals surface area (Å²) in [6.45, 7) is 1.26. The molecule has 1 heterocycles. The van der Waals surface area contributed by atoms with Gasteiger partial charge in [-0.3, -0.25) is 10.1 Å². The molecule has 1 aromatic heterocycles. The fourth-order valence-electron chi connectivity index (χ4n) is 1.36. The van der Waals surface area contributed by atoms with Crippen molar-refractivity contribution >= 4 is 40.0 Å². The van der Waals surface area contributed by atoms with Crippen LogP contribution in [0.1, 0.15) is 12.6 Å². The van der Waals surface area contributed by atoms with Crippen LogP contribution in [0.3, 0.4) is 0 Å². The minimum Gasteiger partial charge on any atom is -0.461 e. The average Bonchev–Trinajstić information content (AvgIpc) is 2.96. The third-order valence-electron chi connectivity index (χ3n) is 2.24. The number of hydrogen-bond acceptors (Lipinski definition) is 10. The number of amides is 1. The van der Waals surface area contributed by atoms with Gasteiger partial charge in [-0.25, -0.2) is 14.6 Å². The zero-order valence-electron chi connectivity index (χ0n) is 13.4. The van der Waals surface area contributed by atoms with Crippen LogP contribution in [-0.4, -0.2) is 62.6 Å². The number of carbonyl (C=O) groups excluding carboxylic acids is 3. The molecular weight excluding hydrogens is 342 g/mol. The van der Waals surface area contributed by atoms with E-state index in [1.807, 2.05) is 0 Å². The molecule has 0 aliphatic carbocycles. The topological polar surface area (TPSA) is 125 Å². The molecule has 0 saturated heterocycles. The summed E-state index contributed by atoms with van der Waals surface area (Å²) in [5.74, 6) is -2.01. The van der Waals surface area contributed by atoms with Gasteiger partial charge in [-0.05, 0) is 6.92 Å². The number of rotatable bonds is 9. The Labute approximate surface area is 141 Å². The zero-order chi connectivity index (χ0) is 17.9. The molecule has 1 rings (SSSR count). The van der Waals surface area contributed by atoms with Gasteiger partial charge >= 0.3 is 11.9 Å². The van der Waals surface area contributed by atoms with Crippen molar-refractivity contribution in [2.24, 2.45) is 5.16 Å². The first-order chi connectivity index (χ1) is 11.5. The van der Waals surface area contributed by atoms with Crippen LogP contribution in [0, 0.1) is 0 Å². The summed E-state index contributed by atoms with van der Waals surface area (Å²) in [4.78, 5) is 43.3.